The van der Waals surface area contributed by atoms with Gasteiger partial charge in [0.05, 0.1) is 0 Å². The van der Waals surface area contributed by atoms with Gasteiger partial charge in [0.1, 0.15) is 11.3 Å². The Balaban J connectivity index is 3.38. The topological polar surface area (TPSA) is 57.5 Å². The number of benzene rings is 1. The Hall–Kier alpha value is -1.22. The number of carboxylic acid groups (broad SMARTS) is 1. The SMILES string of the molecule is CC(C)(C)CC(C)(C)c1cc(Cl)cc(C(=O)O)c1O. The smallest absolute Gasteiger partial charge is 0.339 e. The molecular weight excluding hydrogens is 264 g/mol. The van der Waals surface area contributed by atoms with Gasteiger partial charge in [0.25, 0.3) is 0 Å². The highest BCUT2D eigenvalue weighted by molar-refractivity contribution is 6.31. The summed E-state index contributed by atoms with van der Waals surface area (Å²) in [5.74, 6) is -1.36. The van der Waals surface area contributed by atoms with E-state index >= 15 is 0 Å². The lowest BCUT2D eigenvalue weighted by atomic mass is 9.71. The number of hydrogen-bond acceptors (Lipinski definition) is 2. The molecular formula is C15H21ClO3. The minimum absolute atomic E-state index is 0.0572. The summed E-state index contributed by atoms with van der Waals surface area (Å²) < 4.78 is 0. The van der Waals surface area contributed by atoms with Crippen LogP contribution in [-0.4, -0.2) is 16.2 Å². The molecule has 3 nitrogen and oxygen atoms in total. The molecule has 0 fully saturated rings. The highest BCUT2D eigenvalue weighted by Crippen LogP contribution is 2.42. The van der Waals surface area contributed by atoms with E-state index in [1.54, 1.807) is 6.07 Å². The van der Waals surface area contributed by atoms with Gasteiger partial charge >= 0.3 is 5.97 Å². The van der Waals surface area contributed by atoms with Gasteiger partial charge in [-0.05, 0) is 29.4 Å². The summed E-state index contributed by atoms with van der Waals surface area (Å²) in [7, 11) is 0. The Morgan fingerprint density at radius 3 is 2.16 bits per heavy atom. The second kappa shape index (κ2) is 5.04. The molecule has 1 rings (SSSR count). The largest absolute Gasteiger partial charge is 0.507 e. The Bertz CT molecular complexity index is 499. The van der Waals surface area contributed by atoms with E-state index in [1.807, 2.05) is 13.8 Å². The number of aromatic carboxylic acids is 1. The van der Waals surface area contributed by atoms with Crippen LogP contribution in [0.3, 0.4) is 0 Å². The molecule has 0 amide bonds. The molecule has 0 heterocycles. The van der Waals surface area contributed by atoms with Crippen LogP contribution in [0.15, 0.2) is 12.1 Å². The minimum Gasteiger partial charge on any atom is -0.507 e. The fourth-order valence-corrected chi connectivity index (χ4v) is 2.92. The van der Waals surface area contributed by atoms with Crippen LogP contribution in [0.5, 0.6) is 5.75 Å². The van der Waals surface area contributed by atoms with E-state index in [2.05, 4.69) is 20.8 Å². The Labute approximate surface area is 119 Å². The zero-order chi connectivity index (χ0) is 15.0. The molecule has 19 heavy (non-hydrogen) atoms. The van der Waals surface area contributed by atoms with Crippen LogP contribution in [0.25, 0.3) is 0 Å². The summed E-state index contributed by atoms with van der Waals surface area (Å²) in [6, 6.07) is 2.92. The highest BCUT2D eigenvalue weighted by Gasteiger charge is 2.31. The zero-order valence-corrected chi connectivity index (χ0v) is 12.8. The molecule has 106 valence electrons. The number of hydrogen-bond donors (Lipinski definition) is 2. The van der Waals surface area contributed by atoms with Crippen molar-refractivity contribution in [3.63, 3.8) is 0 Å². The van der Waals surface area contributed by atoms with E-state index < -0.39 is 5.97 Å². The van der Waals surface area contributed by atoms with E-state index in [4.69, 9.17) is 16.7 Å². The first-order valence-corrected chi connectivity index (χ1v) is 6.58. The lowest BCUT2D eigenvalue weighted by molar-refractivity contribution is 0.0693. The molecule has 0 aliphatic rings. The fraction of sp³-hybridized carbons (Fsp3) is 0.533. The summed E-state index contributed by atoms with van der Waals surface area (Å²) in [5, 5.41) is 19.6. The average molecular weight is 285 g/mol. The predicted molar refractivity (Wildman–Crippen MR) is 77.2 cm³/mol. The van der Waals surface area contributed by atoms with Crippen molar-refractivity contribution >= 4 is 17.6 Å². The van der Waals surface area contributed by atoms with Crippen molar-refractivity contribution in [3.8, 4) is 5.75 Å². The van der Waals surface area contributed by atoms with Gasteiger partial charge in [-0.3, -0.25) is 0 Å². The van der Waals surface area contributed by atoms with Crippen molar-refractivity contribution in [2.24, 2.45) is 5.41 Å². The summed E-state index contributed by atoms with van der Waals surface area (Å²) >= 11 is 5.97. The average Bonchev–Trinajstić information content (AvgIpc) is 2.16. The lowest BCUT2D eigenvalue weighted by Crippen LogP contribution is -2.25. The summed E-state index contributed by atoms with van der Waals surface area (Å²) in [6.07, 6.45) is 0.799. The quantitative estimate of drug-likeness (QED) is 0.862. The molecule has 0 aromatic heterocycles. The standard InChI is InChI=1S/C15H21ClO3/c1-14(2,3)8-15(4,5)11-7-9(16)6-10(12(11)17)13(18)19/h6-7,17H,8H2,1-5H3,(H,18,19). The molecule has 0 aliphatic heterocycles. The van der Waals surface area contributed by atoms with E-state index in [0.29, 0.717) is 10.6 Å². The second-order valence-corrected chi connectivity index (χ2v) is 7.21. The van der Waals surface area contributed by atoms with Gasteiger partial charge in [-0.15, -0.1) is 0 Å². The van der Waals surface area contributed by atoms with Crippen molar-refractivity contribution in [1.29, 1.82) is 0 Å². The third kappa shape index (κ3) is 3.87. The van der Waals surface area contributed by atoms with Crippen molar-refractivity contribution < 1.29 is 15.0 Å². The van der Waals surface area contributed by atoms with E-state index in [1.165, 1.54) is 6.07 Å². The third-order valence-electron chi connectivity index (χ3n) is 3.01. The monoisotopic (exact) mass is 284 g/mol. The van der Waals surface area contributed by atoms with Crippen LogP contribution in [0.2, 0.25) is 5.02 Å². The molecule has 4 heteroatoms. The summed E-state index contributed by atoms with van der Waals surface area (Å²) in [6.45, 7) is 10.3. The molecule has 1 aromatic rings. The molecule has 0 atom stereocenters. The molecule has 0 saturated heterocycles. The van der Waals surface area contributed by atoms with E-state index in [9.17, 15) is 9.90 Å². The van der Waals surface area contributed by atoms with Crippen molar-refractivity contribution in [1.82, 2.24) is 0 Å². The number of carbonyl (C=O) groups is 1. The van der Waals surface area contributed by atoms with Crippen LogP contribution in [0, 0.1) is 5.41 Å². The van der Waals surface area contributed by atoms with Crippen LogP contribution >= 0.6 is 11.6 Å². The molecule has 0 spiro atoms. The summed E-state index contributed by atoms with van der Waals surface area (Å²) in [4.78, 5) is 11.1. The normalized spacial score (nSPS) is 12.5. The van der Waals surface area contributed by atoms with Crippen molar-refractivity contribution in [3.05, 3.63) is 28.3 Å². The number of phenols is 1. The van der Waals surface area contributed by atoms with Crippen LogP contribution in [-0.2, 0) is 5.41 Å². The summed E-state index contributed by atoms with van der Waals surface area (Å²) in [5.41, 5.74) is 0.121. The molecule has 0 unspecified atom stereocenters. The van der Waals surface area contributed by atoms with Gasteiger partial charge in [0, 0.05) is 10.6 Å². The van der Waals surface area contributed by atoms with Gasteiger partial charge in [-0.2, -0.15) is 0 Å². The number of halogens is 1. The molecule has 1 aromatic carbocycles. The first-order valence-electron chi connectivity index (χ1n) is 6.20. The van der Waals surface area contributed by atoms with Crippen molar-refractivity contribution in [2.45, 2.75) is 46.5 Å². The Morgan fingerprint density at radius 2 is 1.74 bits per heavy atom. The van der Waals surface area contributed by atoms with Gasteiger partial charge in [-0.1, -0.05) is 46.2 Å². The molecule has 0 bridgehead atoms. The first-order chi connectivity index (χ1) is 8.44. The van der Waals surface area contributed by atoms with Crippen molar-refractivity contribution in [2.75, 3.05) is 0 Å². The third-order valence-corrected chi connectivity index (χ3v) is 3.22. The van der Waals surface area contributed by atoms with Gasteiger partial charge < -0.3 is 10.2 Å². The van der Waals surface area contributed by atoms with E-state index in [-0.39, 0.29) is 22.1 Å². The number of aromatic hydroxyl groups is 1. The maximum Gasteiger partial charge on any atom is 0.339 e. The number of carboxylic acids is 1. The molecule has 0 radical (unpaired) electrons. The highest BCUT2D eigenvalue weighted by atomic mass is 35.5. The Morgan fingerprint density at radius 1 is 1.21 bits per heavy atom. The van der Waals surface area contributed by atoms with Crippen LogP contribution in [0.4, 0.5) is 0 Å². The maximum absolute atomic E-state index is 11.1. The minimum atomic E-state index is -1.17. The first kappa shape index (κ1) is 15.8. The van der Waals surface area contributed by atoms with Crippen LogP contribution < -0.4 is 0 Å². The predicted octanol–water partition coefficient (Wildman–Crippen LogP) is 4.46. The van der Waals surface area contributed by atoms with Gasteiger partial charge in [0.15, 0.2) is 0 Å². The second-order valence-electron chi connectivity index (χ2n) is 6.78. The van der Waals surface area contributed by atoms with Crippen LogP contribution in [0.1, 0.15) is 57.0 Å². The maximum atomic E-state index is 11.1. The fourth-order valence-electron chi connectivity index (χ4n) is 2.70. The van der Waals surface area contributed by atoms with Gasteiger partial charge in [-0.25, -0.2) is 4.79 Å². The molecule has 0 aliphatic carbocycles. The number of rotatable bonds is 3. The Kier molecular flexibility index (Phi) is 4.20. The zero-order valence-electron chi connectivity index (χ0n) is 12.0. The lowest BCUT2D eigenvalue weighted by Gasteiger charge is -2.33. The van der Waals surface area contributed by atoms with Gasteiger partial charge in [0.2, 0.25) is 0 Å². The molecule has 0 saturated carbocycles. The molecule has 2 N–H and O–H groups in total. The van der Waals surface area contributed by atoms with E-state index in [0.717, 1.165) is 6.42 Å².